The normalized spacial score (nSPS) is 11.4. The lowest BCUT2D eigenvalue weighted by atomic mass is 10.3. The number of nitrogens with two attached hydrogens (primary N) is 1. The molecule has 0 fully saturated rings. The van der Waals surface area contributed by atoms with Crippen LogP contribution in [-0.2, 0) is 9.84 Å². The SMILES string of the molecule is CCCCCS(=O)(=O)CCCOc1cccc(N)c1. The van der Waals surface area contributed by atoms with E-state index in [4.69, 9.17) is 10.5 Å². The van der Waals surface area contributed by atoms with E-state index in [0.29, 0.717) is 30.2 Å². The molecule has 1 rings (SSSR count). The average molecular weight is 285 g/mol. The zero-order valence-electron chi connectivity index (χ0n) is 11.5. The van der Waals surface area contributed by atoms with Gasteiger partial charge in [0.25, 0.3) is 0 Å². The van der Waals surface area contributed by atoms with E-state index >= 15 is 0 Å². The molecule has 0 radical (unpaired) electrons. The molecule has 1 aromatic rings. The van der Waals surface area contributed by atoms with Gasteiger partial charge in [0.1, 0.15) is 15.6 Å². The van der Waals surface area contributed by atoms with Crippen molar-refractivity contribution in [2.45, 2.75) is 32.6 Å². The Kier molecular flexibility index (Phi) is 6.70. The van der Waals surface area contributed by atoms with E-state index in [1.165, 1.54) is 0 Å². The van der Waals surface area contributed by atoms with Crippen molar-refractivity contribution in [3.8, 4) is 5.75 Å². The lowest BCUT2D eigenvalue weighted by Crippen LogP contribution is -2.13. The number of ether oxygens (including phenoxy) is 1. The van der Waals surface area contributed by atoms with Crippen molar-refractivity contribution in [1.82, 2.24) is 0 Å². The topological polar surface area (TPSA) is 69.4 Å². The highest BCUT2D eigenvalue weighted by Gasteiger charge is 2.09. The summed E-state index contributed by atoms with van der Waals surface area (Å²) in [5, 5.41) is 0. The van der Waals surface area contributed by atoms with Crippen molar-refractivity contribution in [2.24, 2.45) is 0 Å². The molecule has 0 heterocycles. The highest BCUT2D eigenvalue weighted by atomic mass is 32.2. The van der Waals surface area contributed by atoms with Gasteiger partial charge in [0.05, 0.1) is 18.1 Å². The van der Waals surface area contributed by atoms with E-state index < -0.39 is 9.84 Å². The highest BCUT2D eigenvalue weighted by Crippen LogP contribution is 2.14. The molecule has 4 nitrogen and oxygen atoms in total. The minimum absolute atomic E-state index is 0.193. The summed E-state index contributed by atoms with van der Waals surface area (Å²) in [6.07, 6.45) is 3.28. The smallest absolute Gasteiger partial charge is 0.150 e. The number of anilines is 1. The Morgan fingerprint density at radius 2 is 1.89 bits per heavy atom. The largest absolute Gasteiger partial charge is 0.493 e. The van der Waals surface area contributed by atoms with Crippen LogP contribution in [0, 0.1) is 0 Å². The van der Waals surface area contributed by atoms with Gasteiger partial charge in [0.15, 0.2) is 0 Å². The van der Waals surface area contributed by atoms with E-state index in [1.807, 2.05) is 12.1 Å². The highest BCUT2D eigenvalue weighted by molar-refractivity contribution is 7.91. The van der Waals surface area contributed by atoms with Crippen molar-refractivity contribution in [3.05, 3.63) is 24.3 Å². The molecule has 0 atom stereocenters. The van der Waals surface area contributed by atoms with Crippen molar-refractivity contribution >= 4 is 15.5 Å². The second-order valence-electron chi connectivity index (χ2n) is 4.63. The molecule has 0 spiro atoms. The van der Waals surface area contributed by atoms with Crippen LogP contribution >= 0.6 is 0 Å². The maximum absolute atomic E-state index is 11.7. The van der Waals surface area contributed by atoms with E-state index in [-0.39, 0.29) is 5.75 Å². The van der Waals surface area contributed by atoms with Gasteiger partial charge in [-0.05, 0) is 25.0 Å². The number of hydrogen-bond acceptors (Lipinski definition) is 4. The van der Waals surface area contributed by atoms with E-state index in [9.17, 15) is 8.42 Å². The summed E-state index contributed by atoms with van der Waals surface area (Å²) in [6.45, 7) is 2.46. The minimum Gasteiger partial charge on any atom is -0.493 e. The first-order valence-corrected chi connectivity index (χ1v) is 8.54. The molecule has 0 saturated heterocycles. The third-order valence-electron chi connectivity index (χ3n) is 2.79. The number of unbranched alkanes of at least 4 members (excludes halogenated alkanes) is 2. The van der Waals surface area contributed by atoms with Crippen LogP contribution in [0.4, 0.5) is 5.69 Å². The Bertz CT molecular complexity index is 471. The first-order chi connectivity index (χ1) is 9.03. The van der Waals surface area contributed by atoms with E-state index in [1.54, 1.807) is 12.1 Å². The van der Waals surface area contributed by atoms with Crippen LogP contribution in [0.2, 0.25) is 0 Å². The van der Waals surface area contributed by atoms with Crippen molar-refractivity contribution in [1.29, 1.82) is 0 Å². The maximum Gasteiger partial charge on any atom is 0.150 e. The summed E-state index contributed by atoms with van der Waals surface area (Å²) in [7, 11) is -2.92. The van der Waals surface area contributed by atoms with Crippen molar-refractivity contribution < 1.29 is 13.2 Å². The third kappa shape index (κ3) is 7.06. The number of hydrogen-bond donors (Lipinski definition) is 1. The summed E-state index contributed by atoms with van der Waals surface area (Å²) in [4.78, 5) is 0. The summed E-state index contributed by atoms with van der Waals surface area (Å²) in [6, 6.07) is 7.14. The van der Waals surface area contributed by atoms with Crippen LogP contribution in [-0.4, -0.2) is 26.5 Å². The molecule has 0 aliphatic carbocycles. The molecule has 1 aromatic carbocycles. The Morgan fingerprint density at radius 3 is 2.58 bits per heavy atom. The second kappa shape index (κ2) is 8.04. The lowest BCUT2D eigenvalue weighted by Gasteiger charge is -2.07. The number of nitrogen functional groups attached to an aromatic ring is 1. The molecule has 0 amide bonds. The number of benzene rings is 1. The number of rotatable bonds is 9. The predicted molar refractivity (Wildman–Crippen MR) is 79.1 cm³/mol. The molecule has 108 valence electrons. The molecule has 5 heteroatoms. The molecule has 0 saturated carbocycles. The van der Waals surface area contributed by atoms with Crippen LogP contribution in [0.1, 0.15) is 32.6 Å². The second-order valence-corrected chi connectivity index (χ2v) is 6.94. The molecule has 19 heavy (non-hydrogen) atoms. The van der Waals surface area contributed by atoms with Gasteiger partial charge in [-0.2, -0.15) is 0 Å². The fourth-order valence-corrected chi connectivity index (χ4v) is 3.15. The molecule has 0 bridgehead atoms. The molecule has 0 aliphatic rings. The monoisotopic (exact) mass is 285 g/mol. The Labute approximate surface area is 115 Å². The molecular weight excluding hydrogens is 262 g/mol. The number of sulfone groups is 1. The summed E-state index contributed by atoms with van der Waals surface area (Å²) in [5.74, 6) is 1.17. The first kappa shape index (κ1) is 15.8. The molecule has 2 N–H and O–H groups in total. The van der Waals surface area contributed by atoms with Gasteiger partial charge in [0, 0.05) is 11.8 Å². The maximum atomic E-state index is 11.7. The van der Waals surface area contributed by atoms with Gasteiger partial charge < -0.3 is 10.5 Å². The summed E-state index contributed by atoms with van der Waals surface area (Å²) >= 11 is 0. The Balaban J connectivity index is 2.23. The molecule has 0 aliphatic heterocycles. The van der Waals surface area contributed by atoms with Crippen LogP contribution in [0.3, 0.4) is 0 Å². The standard InChI is InChI=1S/C14H23NO3S/c1-2-3-4-10-19(16,17)11-6-9-18-14-8-5-7-13(15)12-14/h5,7-8,12H,2-4,6,9-11,15H2,1H3. The quantitative estimate of drug-likeness (QED) is 0.559. The van der Waals surface area contributed by atoms with Gasteiger partial charge >= 0.3 is 0 Å². The molecular formula is C14H23NO3S. The average Bonchev–Trinajstić information content (AvgIpc) is 2.35. The van der Waals surface area contributed by atoms with E-state index in [0.717, 1.165) is 19.3 Å². The Morgan fingerprint density at radius 1 is 1.16 bits per heavy atom. The lowest BCUT2D eigenvalue weighted by molar-refractivity contribution is 0.318. The first-order valence-electron chi connectivity index (χ1n) is 6.72. The summed E-state index contributed by atoms with van der Waals surface area (Å²) in [5.41, 5.74) is 6.27. The van der Waals surface area contributed by atoms with Crippen LogP contribution in [0.5, 0.6) is 5.75 Å². The van der Waals surface area contributed by atoms with Gasteiger partial charge in [-0.3, -0.25) is 0 Å². The minimum atomic E-state index is -2.92. The molecule has 0 unspecified atom stereocenters. The summed E-state index contributed by atoms with van der Waals surface area (Å²) < 4.78 is 28.9. The zero-order valence-corrected chi connectivity index (χ0v) is 12.3. The van der Waals surface area contributed by atoms with Crippen molar-refractivity contribution in [3.63, 3.8) is 0 Å². The van der Waals surface area contributed by atoms with Gasteiger partial charge in [-0.1, -0.05) is 25.8 Å². The van der Waals surface area contributed by atoms with Gasteiger partial charge in [0.2, 0.25) is 0 Å². The molecule has 0 aromatic heterocycles. The zero-order chi connectivity index (χ0) is 14.1. The van der Waals surface area contributed by atoms with Gasteiger partial charge in [-0.25, -0.2) is 8.42 Å². The fraction of sp³-hybridized carbons (Fsp3) is 0.571. The van der Waals surface area contributed by atoms with Gasteiger partial charge in [-0.15, -0.1) is 0 Å². The van der Waals surface area contributed by atoms with E-state index in [2.05, 4.69) is 6.92 Å². The fourth-order valence-electron chi connectivity index (χ4n) is 1.75. The van der Waals surface area contributed by atoms with Crippen LogP contribution < -0.4 is 10.5 Å². The third-order valence-corrected chi connectivity index (χ3v) is 4.61. The van der Waals surface area contributed by atoms with Crippen molar-refractivity contribution in [2.75, 3.05) is 23.8 Å². The van der Waals surface area contributed by atoms with Crippen LogP contribution in [0.15, 0.2) is 24.3 Å². The van der Waals surface area contributed by atoms with Crippen LogP contribution in [0.25, 0.3) is 0 Å². The predicted octanol–water partition coefficient (Wildman–Crippen LogP) is 2.64. The Hall–Kier alpha value is -1.23.